The van der Waals surface area contributed by atoms with E-state index in [9.17, 15) is 13.6 Å². The van der Waals surface area contributed by atoms with Gasteiger partial charge in [-0.3, -0.25) is 4.79 Å². The number of hydrogen-bond donors (Lipinski definition) is 0. The average molecular weight is 260 g/mol. The third-order valence-electron chi connectivity index (χ3n) is 2.96. The molecule has 0 aromatic heterocycles. The van der Waals surface area contributed by atoms with Crippen molar-refractivity contribution >= 4 is 5.78 Å². The maximum absolute atomic E-state index is 13.4. The maximum Gasteiger partial charge on any atom is 0.162 e. The molecular formula is C16H14F2O. The quantitative estimate of drug-likeness (QED) is 0.737. The summed E-state index contributed by atoms with van der Waals surface area (Å²) in [6.07, 6.45) is 1.35. The highest BCUT2D eigenvalue weighted by atomic mass is 19.1. The van der Waals surface area contributed by atoms with Gasteiger partial charge in [-0.15, -0.1) is 0 Å². The molecule has 0 N–H and O–H groups in total. The van der Waals surface area contributed by atoms with Crippen molar-refractivity contribution in [3.63, 3.8) is 0 Å². The van der Waals surface area contributed by atoms with E-state index < -0.39 is 11.6 Å². The number of carbonyl (C=O) groups excluding carboxylic acids is 1. The van der Waals surface area contributed by atoms with Crippen molar-refractivity contribution in [3.8, 4) is 0 Å². The van der Waals surface area contributed by atoms with Crippen LogP contribution in [0.25, 0.3) is 0 Å². The lowest BCUT2D eigenvalue weighted by Gasteiger charge is -2.03. The summed E-state index contributed by atoms with van der Waals surface area (Å²) < 4.78 is 26.1. The Bertz CT molecular complexity index is 564. The standard InChI is InChI=1S/C16H14F2O/c17-14-10-9-12(15(18)11-14)7-4-8-16(19)13-5-2-1-3-6-13/h1-3,5-6,9-11H,4,7-8H2. The van der Waals surface area contributed by atoms with Gasteiger partial charge >= 0.3 is 0 Å². The summed E-state index contributed by atoms with van der Waals surface area (Å²) >= 11 is 0. The molecule has 98 valence electrons. The first kappa shape index (κ1) is 13.4. The van der Waals surface area contributed by atoms with Gasteiger partial charge in [-0.2, -0.15) is 0 Å². The second kappa shape index (κ2) is 6.23. The topological polar surface area (TPSA) is 17.1 Å². The lowest BCUT2D eigenvalue weighted by atomic mass is 10.0. The molecule has 0 spiro atoms. The molecule has 0 fully saturated rings. The zero-order valence-corrected chi connectivity index (χ0v) is 10.4. The maximum atomic E-state index is 13.4. The first-order valence-electron chi connectivity index (χ1n) is 6.19. The van der Waals surface area contributed by atoms with Crippen LogP contribution in [0.15, 0.2) is 48.5 Å². The molecule has 0 unspecified atom stereocenters. The van der Waals surface area contributed by atoms with Gasteiger partial charge in [-0.1, -0.05) is 36.4 Å². The highest BCUT2D eigenvalue weighted by molar-refractivity contribution is 5.95. The molecule has 0 saturated heterocycles. The molecule has 0 aliphatic carbocycles. The monoisotopic (exact) mass is 260 g/mol. The van der Waals surface area contributed by atoms with Gasteiger partial charge < -0.3 is 0 Å². The van der Waals surface area contributed by atoms with Crippen LogP contribution in [0.3, 0.4) is 0 Å². The summed E-state index contributed by atoms with van der Waals surface area (Å²) in [5, 5.41) is 0. The van der Waals surface area contributed by atoms with E-state index in [0.717, 1.165) is 6.07 Å². The van der Waals surface area contributed by atoms with Crippen molar-refractivity contribution in [3.05, 3.63) is 71.3 Å². The molecule has 3 heteroatoms. The third-order valence-corrected chi connectivity index (χ3v) is 2.96. The van der Waals surface area contributed by atoms with Gasteiger partial charge in [0.2, 0.25) is 0 Å². The minimum atomic E-state index is -0.582. The summed E-state index contributed by atoms with van der Waals surface area (Å²) in [6, 6.07) is 12.5. The Balaban J connectivity index is 1.88. The number of Topliss-reactive ketones (excluding diaryl/α,β-unsaturated/α-hetero) is 1. The molecule has 2 rings (SSSR count). The van der Waals surface area contributed by atoms with Gasteiger partial charge in [0.1, 0.15) is 11.6 Å². The van der Waals surface area contributed by atoms with Crippen molar-refractivity contribution in [2.45, 2.75) is 19.3 Å². The summed E-state index contributed by atoms with van der Waals surface area (Å²) in [4.78, 5) is 11.8. The number of halogens is 2. The fraction of sp³-hybridized carbons (Fsp3) is 0.188. The lowest BCUT2D eigenvalue weighted by molar-refractivity contribution is 0.0980. The molecule has 1 nitrogen and oxygen atoms in total. The van der Waals surface area contributed by atoms with E-state index in [2.05, 4.69) is 0 Å². The second-order valence-corrected chi connectivity index (χ2v) is 4.38. The van der Waals surface area contributed by atoms with Crippen LogP contribution in [0.2, 0.25) is 0 Å². The Hall–Kier alpha value is -2.03. The summed E-state index contributed by atoms with van der Waals surface area (Å²) in [5.41, 5.74) is 1.12. The van der Waals surface area contributed by atoms with Crippen LogP contribution >= 0.6 is 0 Å². The summed E-state index contributed by atoms with van der Waals surface area (Å²) in [5.74, 6) is -1.09. The molecule has 0 heterocycles. The smallest absolute Gasteiger partial charge is 0.162 e. The first-order chi connectivity index (χ1) is 9.16. The molecule has 2 aromatic carbocycles. The molecule has 0 aliphatic rings. The van der Waals surface area contributed by atoms with E-state index in [1.165, 1.54) is 12.1 Å². The fourth-order valence-corrected chi connectivity index (χ4v) is 1.93. The molecular weight excluding hydrogens is 246 g/mol. The highest BCUT2D eigenvalue weighted by Crippen LogP contribution is 2.13. The Kier molecular flexibility index (Phi) is 4.39. The van der Waals surface area contributed by atoms with E-state index in [-0.39, 0.29) is 5.78 Å². The number of hydrogen-bond acceptors (Lipinski definition) is 1. The van der Waals surface area contributed by atoms with Crippen LogP contribution < -0.4 is 0 Å². The Morgan fingerprint density at radius 3 is 2.42 bits per heavy atom. The fourth-order valence-electron chi connectivity index (χ4n) is 1.93. The molecule has 0 atom stereocenters. The number of aryl methyl sites for hydroxylation is 1. The van der Waals surface area contributed by atoms with E-state index in [4.69, 9.17) is 0 Å². The Morgan fingerprint density at radius 2 is 1.74 bits per heavy atom. The minimum absolute atomic E-state index is 0.0446. The van der Waals surface area contributed by atoms with E-state index in [0.29, 0.717) is 30.4 Å². The molecule has 0 saturated carbocycles. The number of rotatable bonds is 5. The van der Waals surface area contributed by atoms with E-state index >= 15 is 0 Å². The van der Waals surface area contributed by atoms with Gasteiger partial charge in [-0.25, -0.2) is 8.78 Å². The molecule has 0 radical (unpaired) electrons. The van der Waals surface area contributed by atoms with Gasteiger partial charge in [0.05, 0.1) is 0 Å². The predicted octanol–water partition coefficient (Wildman–Crippen LogP) is 4.17. The van der Waals surface area contributed by atoms with Crippen LogP contribution in [-0.2, 0) is 6.42 Å². The molecule has 0 amide bonds. The summed E-state index contributed by atoms with van der Waals surface area (Å²) in [7, 11) is 0. The van der Waals surface area contributed by atoms with Crippen molar-refractivity contribution in [1.29, 1.82) is 0 Å². The SMILES string of the molecule is O=C(CCCc1ccc(F)cc1F)c1ccccc1. The van der Waals surface area contributed by atoms with Crippen LogP contribution in [0.5, 0.6) is 0 Å². The zero-order chi connectivity index (χ0) is 13.7. The van der Waals surface area contributed by atoms with Crippen LogP contribution in [0.4, 0.5) is 8.78 Å². The van der Waals surface area contributed by atoms with Crippen molar-refractivity contribution in [2.24, 2.45) is 0 Å². The Morgan fingerprint density at radius 1 is 1.00 bits per heavy atom. The summed E-state index contributed by atoms with van der Waals surface area (Å²) in [6.45, 7) is 0. The molecule has 0 bridgehead atoms. The van der Waals surface area contributed by atoms with E-state index in [1.54, 1.807) is 12.1 Å². The predicted molar refractivity (Wildman–Crippen MR) is 70.1 cm³/mol. The van der Waals surface area contributed by atoms with Crippen LogP contribution in [0.1, 0.15) is 28.8 Å². The minimum Gasteiger partial charge on any atom is -0.294 e. The van der Waals surface area contributed by atoms with E-state index in [1.807, 2.05) is 18.2 Å². The molecule has 2 aromatic rings. The first-order valence-corrected chi connectivity index (χ1v) is 6.19. The average Bonchev–Trinajstić information content (AvgIpc) is 2.42. The third kappa shape index (κ3) is 3.71. The number of ketones is 1. The highest BCUT2D eigenvalue weighted by Gasteiger charge is 2.07. The van der Waals surface area contributed by atoms with Gasteiger partial charge in [0.25, 0.3) is 0 Å². The van der Waals surface area contributed by atoms with Crippen molar-refractivity contribution in [1.82, 2.24) is 0 Å². The lowest BCUT2D eigenvalue weighted by Crippen LogP contribution is -2.00. The number of benzene rings is 2. The largest absolute Gasteiger partial charge is 0.294 e. The zero-order valence-electron chi connectivity index (χ0n) is 10.4. The molecule has 0 aliphatic heterocycles. The second-order valence-electron chi connectivity index (χ2n) is 4.38. The normalized spacial score (nSPS) is 10.4. The van der Waals surface area contributed by atoms with Crippen molar-refractivity contribution in [2.75, 3.05) is 0 Å². The van der Waals surface area contributed by atoms with Gasteiger partial charge in [-0.05, 0) is 24.5 Å². The Labute approximate surface area is 110 Å². The number of carbonyl (C=O) groups is 1. The van der Waals surface area contributed by atoms with Crippen LogP contribution in [-0.4, -0.2) is 5.78 Å². The van der Waals surface area contributed by atoms with Gasteiger partial charge in [0, 0.05) is 18.1 Å². The molecule has 19 heavy (non-hydrogen) atoms. The van der Waals surface area contributed by atoms with Gasteiger partial charge in [0.15, 0.2) is 5.78 Å². The van der Waals surface area contributed by atoms with Crippen molar-refractivity contribution < 1.29 is 13.6 Å². The van der Waals surface area contributed by atoms with Crippen LogP contribution in [0, 0.1) is 11.6 Å².